The van der Waals surface area contributed by atoms with Crippen LogP contribution >= 0.6 is 0 Å². The molecule has 0 aromatic rings. The van der Waals surface area contributed by atoms with Crippen LogP contribution in [-0.2, 0) is 0 Å². The van der Waals surface area contributed by atoms with Crippen LogP contribution in [-0.4, -0.2) is 67.3 Å². The zero-order valence-corrected chi connectivity index (χ0v) is 20.0. The first kappa shape index (κ1) is 15.3. The van der Waals surface area contributed by atoms with Gasteiger partial charge in [0.2, 0.25) is 6.17 Å². The minimum absolute atomic E-state index is 0.629. The van der Waals surface area contributed by atoms with Gasteiger partial charge in [-0.15, -0.1) is 0 Å². The monoisotopic (exact) mass is 450 g/mol. The van der Waals surface area contributed by atoms with Crippen LogP contribution in [0.25, 0.3) is 0 Å². The Balaban J connectivity index is 1.18. The molecular formula is C30H34N4+2. The van der Waals surface area contributed by atoms with Crippen LogP contribution in [0.3, 0.4) is 0 Å². The van der Waals surface area contributed by atoms with Crippen LogP contribution in [0.1, 0.15) is 13.8 Å². The smallest absolute Gasteiger partial charge is 0.223 e. The molecule has 34 heavy (non-hydrogen) atoms. The highest BCUT2D eigenvalue weighted by atomic mass is 15.7. The maximum atomic E-state index is 3.00. The third-order valence-corrected chi connectivity index (χ3v) is 18.6. The zero-order chi connectivity index (χ0) is 20.8. The first-order valence-electron chi connectivity index (χ1n) is 15.4. The molecule has 0 radical (unpaired) electrons. The largest absolute Gasteiger partial charge is 0.353 e. The van der Waals surface area contributed by atoms with Crippen molar-refractivity contribution in [2.75, 3.05) is 0 Å². The van der Waals surface area contributed by atoms with Gasteiger partial charge in [0, 0.05) is 49.0 Å². The van der Waals surface area contributed by atoms with E-state index in [1.165, 1.54) is 38.6 Å². The van der Waals surface area contributed by atoms with Crippen molar-refractivity contribution in [1.29, 1.82) is 0 Å². The highest BCUT2D eigenvalue weighted by molar-refractivity contribution is 5.43. The fourth-order valence-corrected chi connectivity index (χ4v) is 19.4. The van der Waals surface area contributed by atoms with Crippen LogP contribution in [0, 0.1) is 94.7 Å². The minimum atomic E-state index is 0.629. The second-order valence-electron chi connectivity index (χ2n) is 16.7. The Bertz CT molecular complexity index is 1270. The molecule has 0 N–H and O–H groups in total. The average Bonchev–Trinajstić information content (AvgIpc) is 3.30. The summed E-state index contributed by atoms with van der Waals surface area (Å²) in [6.45, 7) is 5.41. The number of nitrogens with zero attached hydrogens (tertiary/aromatic N) is 4. The van der Waals surface area contributed by atoms with Crippen molar-refractivity contribution in [3.05, 3.63) is 24.8 Å². The number of quaternary nitrogens is 2. The van der Waals surface area contributed by atoms with Gasteiger partial charge in [0.25, 0.3) is 0 Å². The second kappa shape index (κ2) is 3.56. The number of rotatable bonds is 0. The van der Waals surface area contributed by atoms with E-state index < -0.39 is 0 Å². The summed E-state index contributed by atoms with van der Waals surface area (Å²) in [5.41, 5.74) is 0. The van der Waals surface area contributed by atoms with Gasteiger partial charge in [-0.1, -0.05) is 0 Å². The van der Waals surface area contributed by atoms with Crippen LogP contribution in [0.2, 0.25) is 0 Å². The van der Waals surface area contributed by atoms with Gasteiger partial charge >= 0.3 is 0 Å². The van der Waals surface area contributed by atoms with Gasteiger partial charge in [-0.2, -0.15) is 0 Å². The van der Waals surface area contributed by atoms with E-state index in [0.717, 1.165) is 108 Å². The second-order valence-corrected chi connectivity index (χ2v) is 16.7. The Labute approximate surface area is 200 Å². The summed E-state index contributed by atoms with van der Waals surface area (Å²) in [5, 5.41) is 0. The van der Waals surface area contributed by atoms with Crippen LogP contribution < -0.4 is 0 Å². The van der Waals surface area contributed by atoms with E-state index in [4.69, 9.17) is 0 Å². The lowest BCUT2D eigenvalue weighted by atomic mass is 9.12. The standard InChI is InChI=1S/C30H34N4/c1-7-31-3-4-32(7)26-29-22-16-12-10-9-11-13-17(19-15(9)18(16)25(19)31)23-21(13)28-24(14(10)11)27(20(12)22)33(28)5-6-34(29,8(33)2)30(23)26/h3-30H,1-2H3/q+2/t7?,8?,9?,10-,11?,12-,13?,14?,15?,16-,17?,18?,19?,20-,21?,22?,23?,24?,25?,26?,27+,28?,29-,30?,33?,34?/m1/s1. The molecule has 172 valence electrons. The van der Waals surface area contributed by atoms with E-state index in [1.54, 1.807) is 0 Å². The Morgan fingerprint density at radius 2 is 0.853 bits per heavy atom. The van der Waals surface area contributed by atoms with Crippen molar-refractivity contribution in [3.63, 3.8) is 0 Å². The van der Waals surface area contributed by atoms with Gasteiger partial charge in [0.1, 0.15) is 30.2 Å². The fourth-order valence-electron chi connectivity index (χ4n) is 19.4. The minimum Gasteiger partial charge on any atom is -0.353 e. The molecule has 0 amide bonds. The highest BCUT2D eigenvalue weighted by Gasteiger charge is 3.02. The number of hydrogen-bond donors (Lipinski definition) is 0. The summed E-state index contributed by atoms with van der Waals surface area (Å²) in [6, 6.07) is 5.74. The highest BCUT2D eigenvalue weighted by Crippen LogP contribution is 2.95. The van der Waals surface area contributed by atoms with E-state index >= 15 is 0 Å². The summed E-state index contributed by atoms with van der Waals surface area (Å²) >= 11 is 0. The lowest BCUT2D eigenvalue weighted by Gasteiger charge is -2.93. The van der Waals surface area contributed by atoms with Crippen molar-refractivity contribution in [3.8, 4) is 0 Å². The van der Waals surface area contributed by atoms with Crippen LogP contribution in [0.5, 0.6) is 0 Å². The first-order valence-corrected chi connectivity index (χ1v) is 15.4. The molecule has 0 aromatic carbocycles. The van der Waals surface area contributed by atoms with Crippen LogP contribution in [0.15, 0.2) is 24.8 Å². The molecular weight excluding hydrogens is 416 g/mol. The summed E-state index contributed by atoms with van der Waals surface area (Å²) in [5.74, 6) is 18.3. The van der Waals surface area contributed by atoms with Gasteiger partial charge in [-0.05, 0) is 72.0 Å². The third kappa shape index (κ3) is 0.833. The molecule has 26 atom stereocenters. The topological polar surface area (TPSA) is 6.48 Å². The van der Waals surface area contributed by atoms with Gasteiger partial charge < -0.3 is 9.80 Å². The van der Waals surface area contributed by atoms with Crippen molar-refractivity contribution in [2.45, 2.75) is 62.4 Å². The summed E-state index contributed by atoms with van der Waals surface area (Å²) in [6.07, 6.45) is 12.6. The quantitative estimate of drug-likeness (QED) is 0.522. The lowest BCUT2D eigenvalue weighted by Crippen LogP contribution is -2.99. The molecule has 20 unspecified atom stereocenters. The fraction of sp³-hybridized carbons (Fsp3) is 0.867. The number of hydrogen-bond acceptors (Lipinski definition) is 2. The summed E-state index contributed by atoms with van der Waals surface area (Å²) in [4.78, 5) is 5.99. The zero-order valence-electron chi connectivity index (χ0n) is 20.0. The Morgan fingerprint density at radius 3 is 1.47 bits per heavy atom. The molecule has 2 spiro atoms. The van der Waals surface area contributed by atoms with E-state index in [0.29, 0.717) is 6.17 Å². The van der Waals surface area contributed by atoms with E-state index in [9.17, 15) is 0 Å². The molecule has 8 heterocycles. The normalized spacial score (nSPS) is 91.7. The molecule has 8 aliphatic carbocycles. The predicted molar refractivity (Wildman–Crippen MR) is 120 cm³/mol. The molecule has 4 heteroatoms. The molecule has 8 aliphatic heterocycles. The Hall–Kier alpha value is -1.00. The SMILES string of the molecule is CC1N2C=CN1C1C3C4C5C6C7C8C9C5C2C9[C@@H]2C5[C@H]9[C@@H]2[C@@H]8C7C2C(C64)[N+]4(C=C[N+]3(C4C)[C@H]51)[C@H]29. The van der Waals surface area contributed by atoms with Crippen molar-refractivity contribution in [1.82, 2.24) is 9.80 Å². The maximum absolute atomic E-state index is 3.00. The van der Waals surface area contributed by atoms with Crippen molar-refractivity contribution < 1.29 is 8.97 Å². The Kier molecular flexibility index (Phi) is 1.60. The van der Waals surface area contributed by atoms with Gasteiger partial charge in [0.05, 0.1) is 12.1 Å². The average molecular weight is 451 g/mol. The molecule has 0 aromatic heterocycles. The molecule has 6 saturated heterocycles. The van der Waals surface area contributed by atoms with Crippen molar-refractivity contribution in [2.24, 2.45) is 94.7 Å². The van der Waals surface area contributed by atoms with Gasteiger partial charge in [0.15, 0.2) is 12.4 Å². The molecule has 8 saturated carbocycles. The van der Waals surface area contributed by atoms with Crippen LogP contribution in [0.4, 0.5) is 0 Å². The summed E-state index contributed by atoms with van der Waals surface area (Å²) in [7, 11) is 0. The van der Waals surface area contributed by atoms with Crippen molar-refractivity contribution >= 4 is 0 Å². The Morgan fingerprint density at radius 1 is 0.441 bits per heavy atom. The first-order chi connectivity index (χ1) is 16.7. The maximum Gasteiger partial charge on any atom is 0.223 e. The lowest BCUT2D eigenvalue weighted by molar-refractivity contribution is -1.14. The molecule has 16 aliphatic rings. The predicted octanol–water partition coefficient (Wildman–Crippen LogP) is 2.13. The molecule has 14 fully saturated rings. The van der Waals surface area contributed by atoms with E-state index in [2.05, 4.69) is 48.4 Å². The molecule has 16 rings (SSSR count). The van der Waals surface area contributed by atoms with Gasteiger partial charge in [-0.3, -0.25) is 0 Å². The van der Waals surface area contributed by atoms with Gasteiger partial charge in [-0.25, -0.2) is 8.97 Å². The molecule has 4 nitrogen and oxygen atoms in total. The van der Waals surface area contributed by atoms with E-state index in [1.807, 2.05) is 0 Å². The molecule has 6 bridgehead atoms. The third-order valence-electron chi connectivity index (χ3n) is 18.6. The summed E-state index contributed by atoms with van der Waals surface area (Å²) < 4.78 is 3.01. The van der Waals surface area contributed by atoms with E-state index in [-0.39, 0.29) is 0 Å².